The van der Waals surface area contributed by atoms with Crippen LogP contribution in [0.2, 0.25) is 0 Å². The van der Waals surface area contributed by atoms with E-state index in [4.69, 9.17) is 0 Å². The maximum Gasteiger partial charge on any atom is 0.145 e. The molecule has 5 aromatic rings. The van der Waals surface area contributed by atoms with Crippen LogP contribution in [-0.4, -0.2) is 26.5 Å². The molecule has 0 radical (unpaired) electrons. The highest BCUT2D eigenvalue weighted by molar-refractivity contribution is 5.86. The number of nitrogens with zero attached hydrogens (tertiary/aromatic N) is 2. The fraction of sp³-hybridized carbons (Fsp3) is 0.0870. The summed E-state index contributed by atoms with van der Waals surface area (Å²) in [5, 5.41) is 16.8. The van der Waals surface area contributed by atoms with Crippen LogP contribution in [0.1, 0.15) is 11.1 Å². The molecule has 0 amide bonds. The third-order valence-electron chi connectivity index (χ3n) is 5.40. The number of halogens is 3. The summed E-state index contributed by atoms with van der Waals surface area (Å²) in [6.45, 7) is -1.06. The van der Waals surface area contributed by atoms with Gasteiger partial charge in [0.15, 0.2) is 0 Å². The van der Waals surface area contributed by atoms with E-state index in [-0.39, 0.29) is 5.82 Å². The Labute approximate surface area is 169 Å². The molecule has 0 aliphatic carbocycles. The number of aromatic nitrogens is 3. The molecular weight excluding hydrogens is 391 g/mol. The lowest BCUT2D eigenvalue weighted by atomic mass is 9.86. The lowest BCUT2D eigenvalue weighted by molar-refractivity contribution is 0.0534. The van der Waals surface area contributed by atoms with Gasteiger partial charge in [-0.15, -0.1) is 0 Å². The quantitative estimate of drug-likeness (QED) is 0.441. The van der Waals surface area contributed by atoms with Crippen LogP contribution in [0.5, 0.6) is 0 Å². The van der Waals surface area contributed by atoms with Gasteiger partial charge < -0.3 is 10.1 Å². The molecule has 0 bridgehead atoms. The van der Waals surface area contributed by atoms with Crippen LogP contribution < -0.4 is 0 Å². The maximum atomic E-state index is 14.2. The number of hydrogen-bond acceptors (Lipinski definition) is 2. The molecule has 0 saturated heterocycles. The molecule has 7 heteroatoms. The minimum absolute atomic E-state index is 0.324. The molecule has 5 rings (SSSR count). The van der Waals surface area contributed by atoms with Gasteiger partial charge in [-0.1, -0.05) is 6.07 Å². The molecule has 150 valence electrons. The zero-order valence-electron chi connectivity index (χ0n) is 15.6. The number of fused-ring (bicyclic) bond motifs is 2. The Balaban J connectivity index is 1.62. The standard InChI is InChI=1S/C23H16F3N3O/c24-13-23(30,20-12-27-21-10-17(26)4-7-19(20)21)15-1-8-22-14(9-15)11-28-29(22)18-5-2-16(25)3-6-18/h1-12,27,30H,13H2. The van der Waals surface area contributed by atoms with Gasteiger partial charge in [0.25, 0.3) is 0 Å². The van der Waals surface area contributed by atoms with Crippen LogP contribution in [-0.2, 0) is 5.60 Å². The van der Waals surface area contributed by atoms with Gasteiger partial charge in [0.05, 0.1) is 17.4 Å². The second kappa shape index (κ2) is 6.74. The highest BCUT2D eigenvalue weighted by Gasteiger charge is 2.34. The van der Waals surface area contributed by atoms with Gasteiger partial charge in [-0.25, -0.2) is 17.9 Å². The Morgan fingerprint density at radius 2 is 1.73 bits per heavy atom. The highest BCUT2D eigenvalue weighted by atomic mass is 19.1. The van der Waals surface area contributed by atoms with E-state index in [1.54, 1.807) is 41.2 Å². The molecular formula is C23H16F3N3O. The van der Waals surface area contributed by atoms with Gasteiger partial charge in [-0.3, -0.25) is 0 Å². The second-order valence-corrected chi connectivity index (χ2v) is 7.19. The first-order valence-electron chi connectivity index (χ1n) is 9.29. The first kappa shape index (κ1) is 18.4. The van der Waals surface area contributed by atoms with Gasteiger partial charge in [0.1, 0.15) is 23.9 Å². The van der Waals surface area contributed by atoms with Crippen molar-refractivity contribution in [3.05, 3.63) is 95.8 Å². The largest absolute Gasteiger partial charge is 0.378 e. The lowest BCUT2D eigenvalue weighted by Gasteiger charge is -2.25. The van der Waals surface area contributed by atoms with E-state index in [1.165, 1.54) is 36.5 Å². The lowest BCUT2D eigenvalue weighted by Crippen LogP contribution is -2.29. The van der Waals surface area contributed by atoms with Gasteiger partial charge in [-0.2, -0.15) is 5.10 Å². The molecule has 2 N–H and O–H groups in total. The van der Waals surface area contributed by atoms with Crippen LogP contribution >= 0.6 is 0 Å². The van der Waals surface area contributed by atoms with Crippen molar-refractivity contribution < 1.29 is 18.3 Å². The summed E-state index contributed by atoms with van der Waals surface area (Å²) in [6, 6.07) is 15.0. The van der Waals surface area contributed by atoms with Crippen molar-refractivity contribution >= 4 is 21.8 Å². The minimum Gasteiger partial charge on any atom is -0.378 e. The number of alkyl halides is 1. The summed E-state index contributed by atoms with van der Waals surface area (Å²) in [5.41, 5.74) is 0.641. The number of aromatic amines is 1. The van der Waals surface area contributed by atoms with Gasteiger partial charge >= 0.3 is 0 Å². The Bertz CT molecular complexity index is 1370. The Morgan fingerprint density at radius 3 is 2.50 bits per heavy atom. The van der Waals surface area contributed by atoms with E-state index in [2.05, 4.69) is 10.1 Å². The maximum absolute atomic E-state index is 14.2. The smallest absolute Gasteiger partial charge is 0.145 e. The molecule has 0 saturated carbocycles. The number of hydrogen-bond donors (Lipinski definition) is 2. The van der Waals surface area contributed by atoms with Crippen molar-refractivity contribution in [2.75, 3.05) is 6.67 Å². The average molecular weight is 407 g/mol. The van der Waals surface area contributed by atoms with E-state index in [1.807, 2.05) is 0 Å². The molecule has 3 aromatic carbocycles. The van der Waals surface area contributed by atoms with Crippen molar-refractivity contribution in [2.24, 2.45) is 0 Å². The van der Waals surface area contributed by atoms with E-state index in [0.29, 0.717) is 33.1 Å². The summed E-state index contributed by atoms with van der Waals surface area (Å²) in [7, 11) is 0. The highest BCUT2D eigenvalue weighted by Crippen LogP contribution is 2.36. The topological polar surface area (TPSA) is 53.8 Å². The fourth-order valence-electron chi connectivity index (χ4n) is 3.82. The number of rotatable bonds is 4. The molecule has 2 aromatic heterocycles. The molecule has 0 aliphatic rings. The molecule has 1 unspecified atom stereocenters. The normalized spacial score (nSPS) is 13.7. The van der Waals surface area contributed by atoms with Gasteiger partial charge in [0, 0.05) is 28.0 Å². The van der Waals surface area contributed by atoms with Crippen LogP contribution in [0.15, 0.2) is 73.1 Å². The van der Waals surface area contributed by atoms with Crippen LogP contribution in [0.25, 0.3) is 27.5 Å². The van der Waals surface area contributed by atoms with Gasteiger partial charge in [-0.05, 0) is 60.2 Å². The predicted molar refractivity (Wildman–Crippen MR) is 108 cm³/mol. The first-order chi connectivity index (χ1) is 14.5. The summed E-state index contributed by atoms with van der Waals surface area (Å²) < 4.78 is 42.6. The number of H-pyrrole nitrogens is 1. The molecule has 0 aliphatic heterocycles. The third kappa shape index (κ3) is 2.78. The van der Waals surface area contributed by atoms with Gasteiger partial charge in [0.2, 0.25) is 0 Å². The van der Waals surface area contributed by atoms with Crippen LogP contribution in [0.3, 0.4) is 0 Å². The molecule has 1 atom stereocenters. The summed E-state index contributed by atoms with van der Waals surface area (Å²) in [5.74, 6) is -0.765. The minimum atomic E-state index is -1.91. The van der Waals surface area contributed by atoms with Crippen molar-refractivity contribution in [3.8, 4) is 5.69 Å². The number of benzene rings is 3. The Hall–Kier alpha value is -3.58. The Kier molecular flexibility index (Phi) is 4.15. The molecule has 0 spiro atoms. The Morgan fingerprint density at radius 1 is 0.967 bits per heavy atom. The van der Waals surface area contributed by atoms with Crippen molar-refractivity contribution in [2.45, 2.75) is 5.60 Å². The van der Waals surface area contributed by atoms with Crippen LogP contribution in [0.4, 0.5) is 13.2 Å². The third-order valence-corrected chi connectivity index (χ3v) is 5.40. The average Bonchev–Trinajstić information content (AvgIpc) is 3.37. The van der Waals surface area contributed by atoms with E-state index in [0.717, 1.165) is 5.52 Å². The molecule has 4 nitrogen and oxygen atoms in total. The summed E-state index contributed by atoms with van der Waals surface area (Å²) in [6.07, 6.45) is 3.10. The monoisotopic (exact) mass is 407 g/mol. The SMILES string of the molecule is OC(CF)(c1ccc2c(cnn2-c2ccc(F)cc2)c1)c1c[nH]c2cc(F)ccc12. The summed E-state index contributed by atoms with van der Waals surface area (Å²) >= 11 is 0. The van der Waals surface area contributed by atoms with Crippen molar-refractivity contribution in [1.29, 1.82) is 0 Å². The van der Waals surface area contributed by atoms with E-state index in [9.17, 15) is 18.3 Å². The molecule has 2 heterocycles. The molecule has 0 fully saturated rings. The van der Waals surface area contributed by atoms with Crippen LogP contribution in [0, 0.1) is 11.6 Å². The van der Waals surface area contributed by atoms with Crippen molar-refractivity contribution in [3.63, 3.8) is 0 Å². The fourth-order valence-corrected chi connectivity index (χ4v) is 3.82. The zero-order chi connectivity index (χ0) is 20.9. The zero-order valence-corrected chi connectivity index (χ0v) is 15.6. The first-order valence-corrected chi connectivity index (χ1v) is 9.29. The predicted octanol–water partition coefficient (Wildman–Crippen LogP) is 4.99. The number of aliphatic hydroxyl groups is 1. The molecule has 30 heavy (non-hydrogen) atoms. The van der Waals surface area contributed by atoms with Crippen molar-refractivity contribution in [1.82, 2.24) is 14.8 Å². The second-order valence-electron chi connectivity index (χ2n) is 7.19. The summed E-state index contributed by atoms with van der Waals surface area (Å²) in [4.78, 5) is 2.89. The van der Waals surface area contributed by atoms with E-state index >= 15 is 0 Å². The van der Waals surface area contributed by atoms with E-state index < -0.39 is 18.1 Å². The number of nitrogens with one attached hydrogen (secondary N) is 1.